The van der Waals surface area contributed by atoms with Crippen LogP contribution in [0.25, 0.3) is 0 Å². The van der Waals surface area contributed by atoms with Crippen LogP contribution in [-0.4, -0.2) is 0 Å². The molecule has 0 spiro atoms. The van der Waals surface area contributed by atoms with Crippen LogP contribution >= 0.6 is 23.4 Å². The molecule has 0 aromatic heterocycles. The first kappa shape index (κ1) is 15.0. The van der Waals surface area contributed by atoms with E-state index in [0.29, 0.717) is 0 Å². The lowest BCUT2D eigenvalue weighted by atomic mass is 10.2. The van der Waals surface area contributed by atoms with Gasteiger partial charge in [0.1, 0.15) is 5.75 Å². The van der Waals surface area contributed by atoms with Gasteiger partial charge >= 0.3 is 0 Å². The van der Waals surface area contributed by atoms with Crippen molar-refractivity contribution in [2.75, 3.05) is 0 Å². The van der Waals surface area contributed by atoms with Gasteiger partial charge in [0, 0.05) is 15.5 Å². The molecular formula is C19H15ClOS. The predicted molar refractivity (Wildman–Crippen MR) is 93.6 cm³/mol. The van der Waals surface area contributed by atoms with Crippen LogP contribution in [0.15, 0.2) is 89.8 Å². The number of rotatable bonds is 5. The SMILES string of the molecule is Clc1ccc(C(Oc2ccccc2)Sc2ccccc2)cc1. The summed E-state index contributed by atoms with van der Waals surface area (Å²) >= 11 is 7.67. The molecule has 3 aromatic rings. The average molecular weight is 327 g/mol. The van der Waals surface area contributed by atoms with E-state index < -0.39 is 0 Å². The monoisotopic (exact) mass is 326 g/mol. The summed E-state index contributed by atoms with van der Waals surface area (Å²) in [6.45, 7) is 0. The lowest BCUT2D eigenvalue weighted by molar-refractivity contribution is 0.295. The number of benzene rings is 3. The molecule has 0 aliphatic heterocycles. The Balaban J connectivity index is 1.86. The van der Waals surface area contributed by atoms with Gasteiger partial charge in [-0.2, -0.15) is 0 Å². The summed E-state index contributed by atoms with van der Waals surface area (Å²) in [5, 5.41) is 0.729. The van der Waals surface area contributed by atoms with Crippen molar-refractivity contribution < 1.29 is 4.74 Å². The minimum atomic E-state index is -0.123. The first-order valence-corrected chi connectivity index (χ1v) is 8.26. The van der Waals surface area contributed by atoms with Gasteiger partial charge in [-0.3, -0.25) is 0 Å². The molecule has 0 aliphatic rings. The van der Waals surface area contributed by atoms with E-state index >= 15 is 0 Å². The molecule has 0 fully saturated rings. The first-order chi connectivity index (χ1) is 10.8. The Morgan fingerprint density at radius 2 is 1.32 bits per heavy atom. The molecule has 0 saturated carbocycles. The minimum Gasteiger partial charge on any atom is -0.475 e. The molecule has 110 valence electrons. The number of para-hydroxylation sites is 1. The summed E-state index contributed by atoms with van der Waals surface area (Å²) in [4.78, 5) is 1.17. The standard InChI is InChI=1S/C19H15ClOS/c20-16-13-11-15(12-14-16)19(21-17-7-3-1-4-8-17)22-18-9-5-2-6-10-18/h1-14,19H. The third-order valence-electron chi connectivity index (χ3n) is 3.11. The van der Waals surface area contributed by atoms with Gasteiger partial charge in [-0.25, -0.2) is 0 Å². The van der Waals surface area contributed by atoms with Crippen molar-refractivity contribution in [3.05, 3.63) is 95.5 Å². The lowest BCUT2D eigenvalue weighted by Gasteiger charge is -2.19. The van der Waals surface area contributed by atoms with Crippen molar-refractivity contribution in [1.29, 1.82) is 0 Å². The topological polar surface area (TPSA) is 9.23 Å². The zero-order valence-electron chi connectivity index (χ0n) is 11.9. The average Bonchev–Trinajstić information content (AvgIpc) is 2.57. The third-order valence-corrected chi connectivity index (χ3v) is 4.49. The van der Waals surface area contributed by atoms with E-state index in [4.69, 9.17) is 16.3 Å². The quantitative estimate of drug-likeness (QED) is 0.407. The van der Waals surface area contributed by atoms with Crippen LogP contribution in [0.4, 0.5) is 0 Å². The minimum absolute atomic E-state index is 0.123. The molecule has 0 heterocycles. The molecule has 1 unspecified atom stereocenters. The molecule has 3 heteroatoms. The summed E-state index contributed by atoms with van der Waals surface area (Å²) in [5.41, 5.74) is 0.962. The summed E-state index contributed by atoms with van der Waals surface area (Å²) < 4.78 is 6.16. The van der Waals surface area contributed by atoms with E-state index in [-0.39, 0.29) is 5.44 Å². The largest absolute Gasteiger partial charge is 0.475 e. The summed E-state index contributed by atoms with van der Waals surface area (Å²) in [6, 6.07) is 27.9. The maximum Gasteiger partial charge on any atom is 0.174 e. The Morgan fingerprint density at radius 1 is 0.727 bits per heavy atom. The molecule has 0 N–H and O–H groups in total. The van der Waals surface area contributed by atoms with Crippen LogP contribution in [0, 0.1) is 0 Å². The van der Waals surface area contributed by atoms with Gasteiger partial charge in [0.05, 0.1) is 0 Å². The van der Waals surface area contributed by atoms with Crippen LogP contribution in [0.5, 0.6) is 5.75 Å². The van der Waals surface area contributed by atoms with E-state index in [0.717, 1.165) is 16.3 Å². The number of ether oxygens (including phenoxy) is 1. The van der Waals surface area contributed by atoms with E-state index in [1.165, 1.54) is 4.90 Å². The molecule has 1 nitrogen and oxygen atoms in total. The van der Waals surface area contributed by atoms with Gasteiger partial charge in [-0.1, -0.05) is 71.9 Å². The van der Waals surface area contributed by atoms with Crippen molar-refractivity contribution in [2.45, 2.75) is 10.3 Å². The lowest BCUT2D eigenvalue weighted by Crippen LogP contribution is -2.03. The fourth-order valence-electron chi connectivity index (χ4n) is 2.03. The van der Waals surface area contributed by atoms with Crippen LogP contribution in [-0.2, 0) is 0 Å². The molecule has 3 rings (SSSR count). The highest BCUT2D eigenvalue weighted by Crippen LogP contribution is 2.37. The molecule has 3 aromatic carbocycles. The second-order valence-electron chi connectivity index (χ2n) is 4.75. The number of halogens is 1. The van der Waals surface area contributed by atoms with Crippen molar-refractivity contribution in [2.24, 2.45) is 0 Å². The van der Waals surface area contributed by atoms with Gasteiger partial charge in [-0.15, -0.1) is 0 Å². The maximum atomic E-state index is 6.16. The Morgan fingerprint density at radius 3 is 1.95 bits per heavy atom. The first-order valence-electron chi connectivity index (χ1n) is 7.00. The number of hydrogen-bond donors (Lipinski definition) is 0. The van der Waals surface area contributed by atoms with Crippen molar-refractivity contribution in [3.63, 3.8) is 0 Å². The molecule has 0 radical (unpaired) electrons. The molecule has 0 bridgehead atoms. The van der Waals surface area contributed by atoms with Crippen LogP contribution in [0.3, 0.4) is 0 Å². The third kappa shape index (κ3) is 4.06. The van der Waals surface area contributed by atoms with Gasteiger partial charge in [0.15, 0.2) is 5.44 Å². The maximum absolute atomic E-state index is 6.16. The van der Waals surface area contributed by atoms with Crippen molar-refractivity contribution in [3.8, 4) is 5.75 Å². The number of thioether (sulfide) groups is 1. The smallest absolute Gasteiger partial charge is 0.174 e. The van der Waals surface area contributed by atoms with E-state index in [1.807, 2.05) is 72.8 Å². The van der Waals surface area contributed by atoms with Gasteiger partial charge in [0.2, 0.25) is 0 Å². The van der Waals surface area contributed by atoms with Gasteiger partial charge in [0.25, 0.3) is 0 Å². The fraction of sp³-hybridized carbons (Fsp3) is 0.0526. The van der Waals surface area contributed by atoms with Crippen molar-refractivity contribution >= 4 is 23.4 Å². The Hall–Kier alpha value is -1.90. The normalized spacial score (nSPS) is 11.9. The second-order valence-corrected chi connectivity index (χ2v) is 6.32. The molecular weight excluding hydrogens is 312 g/mol. The van der Waals surface area contributed by atoms with Crippen LogP contribution < -0.4 is 4.74 Å². The highest BCUT2D eigenvalue weighted by Gasteiger charge is 2.15. The van der Waals surface area contributed by atoms with Crippen molar-refractivity contribution in [1.82, 2.24) is 0 Å². The summed E-state index contributed by atoms with van der Waals surface area (Å²) in [7, 11) is 0. The predicted octanol–water partition coefficient (Wildman–Crippen LogP) is 6.21. The number of hydrogen-bond acceptors (Lipinski definition) is 2. The summed E-state index contributed by atoms with van der Waals surface area (Å²) in [6.07, 6.45) is 0. The van der Waals surface area contributed by atoms with E-state index in [1.54, 1.807) is 11.8 Å². The van der Waals surface area contributed by atoms with E-state index in [9.17, 15) is 0 Å². The fourth-order valence-corrected chi connectivity index (χ4v) is 3.17. The van der Waals surface area contributed by atoms with Crippen LogP contribution in [0.2, 0.25) is 5.02 Å². The zero-order valence-corrected chi connectivity index (χ0v) is 13.4. The molecule has 22 heavy (non-hydrogen) atoms. The summed E-state index contributed by atoms with van der Waals surface area (Å²) in [5.74, 6) is 0.853. The Bertz CT molecular complexity index is 657. The zero-order chi connectivity index (χ0) is 15.2. The molecule has 0 aliphatic carbocycles. The Labute approximate surface area is 139 Å². The molecule has 1 atom stereocenters. The van der Waals surface area contributed by atoms with E-state index in [2.05, 4.69) is 12.1 Å². The Kier molecular flexibility index (Phi) is 5.04. The molecule has 0 amide bonds. The van der Waals surface area contributed by atoms with Gasteiger partial charge < -0.3 is 4.74 Å². The van der Waals surface area contributed by atoms with Gasteiger partial charge in [-0.05, 0) is 36.4 Å². The van der Waals surface area contributed by atoms with Crippen LogP contribution in [0.1, 0.15) is 11.0 Å². The molecule has 0 saturated heterocycles. The second kappa shape index (κ2) is 7.39. The highest BCUT2D eigenvalue weighted by molar-refractivity contribution is 7.99. The highest BCUT2D eigenvalue weighted by atomic mass is 35.5.